The number of nitrogens with one attached hydrogen (secondary N) is 1. The van der Waals surface area contributed by atoms with Crippen molar-refractivity contribution in [2.45, 2.75) is 39.5 Å². The summed E-state index contributed by atoms with van der Waals surface area (Å²) < 4.78 is 19.1. The molecular formula is C19H23FN4O3. The summed E-state index contributed by atoms with van der Waals surface area (Å²) in [7, 11) is 0. The number of carbonyl (C=O) groups excluding carboxylic acids is 1. The number of carbonyl (C=O) groups is 1. The lowest BCUT2D eigenvalue weighted by Crippen LogP contribution is -2.37. The Hall–Kier alpha value is -2.74. The van der Waals surface area contributed by atoms with Crippen LogP contribution >= 0.6 is 0 Å². The van der Waals surface area contributed by atoms with Gasteiger partial charge in [0.05, 0.1) is 18.7 Å². The Morgan fingerprint density at radius 2 is 2.15 bits per heavy atom. The third-order valence-electron chi connectivity index (χ3n) is 4.66. The number of aromatic nitrogens is 2. The molecular weight excluding hydrogens is 351 g/mol. The van der Waals surface area contributed by atoms with Crippen LogP contribution in [0.25, 0.3) is 0 Å². The smallest absolute Gasteiger partial charge is 0.415 e. The molecule has 27 heavy (non-hydrogen) atoms. The first kappa shape index (κ1) is 19.0. The fraction of sp³-hybridized carbons (Fsp3) is 0.421. The number of benzene rings is 1. The van der Waals surface area contributed by atoms with Crippen LogP contribution in [0.3, 0.4) is 0 Å². The summed E-state index contributed by atoms with van der Waals surface area (Å²) in [5.41, 5.74) is 0.941. The molecule has 8 heteroatoms. The van der Waals surface area contributed by atoms with Crippen molar-refractivity contribution >= 4 is 17.9 Å². The Morgan fingerprint density at radius 1 is 1.37 bits per heavy atom. The molecule has 0 aliphatic carbocycles. The first-order valence-electron chi connectivity index (χ1n) is 8.85. The molecule has 1 unspecified atom stereocenters. The van der Waals surface area contributed by atoms with E-state index >= 15 is 0 Å². The van der Waals surface area contributed by atoms with Crippen LogP contribution in [-0.4, -0.2) is 33.8 Å². The number of halogens is 1. The van der Waals surface area contributed by atoms with E-state index < -0.39 is 11.9 Å². The van der Waals surface area contributed by atoms with Crippen molar-refractivity contribution in [3.8, 4) is 0 Å². The molecule has 1 aromatic carbocycles. The van der Waals surface area contributed by atoms with Crippen molar-refractivity contribution in [3.63, 3.8) is 0 Å². The highest BCUT2D eigenvalue weighted by atomic mass is 19.1. The molecule has 0 saturated carbocycles. The van der Waals surface area contributed by atoms with E-state index in [0.717, 1.165) is 0 Å². The predicted molar refractivity (Wildman–Crippen MR) is 98.8 cm³/mol. The highest BCUT2D eigenvalue weighted by molar-refractivity contribution is 5.89. The van der Waals surface area contributed by atoms with Crippen molar-refractivity contribution in [1.29, 1.82) is 0 Å². The fourth-order valence-electron chi connectivity index (χ4n) is 2.98. The van der Waals surface area contributed by atoms with Gasteiger partial charge in [-0.1, -0.05) is 26.0 Å². The lowest BCUT2D eigenvalue weighted by atomic mass is 10.0. The number of nitrogens with zero attached hydrogens (tertiary/aromatic N) is 3. The molecule has 1 amide bonds. The SMILES string of the molecule is CC(C)C1COC(=O)N1c1ccnc(N[C@@H](C)c2ccc(CO)c(F)c2)n1. The maximum absolute atomic E-state index is 13.9. The summed E-state index contributed by atoms with van der Waals surface area (Å²) in [6.07, 6.45) is 1.14. The Labute approximate surface area is 157 Å². The molecule has 1 fully saturated rings. The highest BCUT2D eigenvalue weighted by Crippen LogP contribution is 2.27. The van der Waals surface area contributed by atoms with E-state index in [1.165, 1.54) is 11.0 Å². The minimum atomic E-state index is -0.460. The first-order chi connectivity index (χ1) is 12.9. The summed E-state index contributed by atoms with van der Waals surface area (Å²) in [6.45, 7) is 5.88. The van der Waals surface area contributed by atoms with Gasteiger partial charge in [0.25, 0.3) is 0 Å². The van der Waals surface area contributed by atoms with Crippen molar-refractivity contribution < 1.29 is 19.0 Å². The Balaban J connectivity index is 1.79. The van der Waals surface area contributed by atoms with E-state index in [2.05, 4.69) is 15.3 Å². The van der Waals surface area contributed by atoms with Gasteiger partial charge in [-0.15, -0.1) is 0 Å². The number of cyclic esters (lactones) is 1. The zero-order chi connectivity index (χ0) is 19.6. The van der Waals surface area contributed by atoms with Crippen molar-refractivity contribution in [2.24, 2.45) is 5.92 Å². The number of aliphatic hydroxyl groups is 1. The molecule has 7 nitrogen and oxygen atoms in total. The van der Waals surface area contributed by atoms with E-state index in [9.17, 15) is 9.18 Å². The Kier molecular flexibility index (Phi) is 5.55. The van der Waals surface area contributed by atoms with Crippen molar-refractivity contribution in [1.82, 2.24) is 9.97 Å². The maximum Gasteiger partial charge on any atom is 0.415 e. The minimum absolute atomic E-state index is 0.0854. The molecule has 3 rings (SSSR count). The van der Waals surface area contributed by atoms with Gasteiger partial charge in [0.15, 0.2) is 0 Å². The van der Waals surface area contributed by atoms with Crippen LogP contribution in [0.2, 0.25) is 0 Å². The summed E-state index contributed by atoms with van der Waals surface area (Å²) in [5.74, 6) is 0.546. The van der Waals surface area contributed by atoms with Gasteiger partial charge < -0.3 is 15.2 Å². The zero-order valence-electron chi connectivity index (χ0n) is 15.5. The fourth-order valence-corrected chi connectivity index (χ4v) is 2.98. The number of hydrogen-bond acceptors (Lipinski definition) is 6. The molecule has 2 aromatic rings. The van der Waals surface area contributed by atoms with Crippen LogP contribution in [-0.2, 0) is 11.3 Å². The normalized spacial score (nSPS) is 17.9. The topological polar surface area (TPSA) is 87.6 Å². The van der Waals surface area contributed by atoms with Crippen LogP contribution in [0.5, 0.6) is 0 Å². The molecule has 0 spiro atoms. The molecule has 1 aromatic heterocycles. The summed E-state index contributed by atoms with van der Waals surface area (Å²) >= 11 is 0. The van der Waals surface area contributed by atoms with Gasteiger partial charge in [-0.3, -0.25) is 4.90 Å². The van der Waals surface area contributed by atoms with Gasteiger partial charge in [-0.2, -0.15) is 4.98 Å². The first-order valence-corrected chi connectivity index (χ1v) is 8.85. The number of rotatable bonds is 6. The molecule has 144 valence electrons. The second kappa shape index (κ2) is 7.87. The average molecular weight is 374 g/mol. The number of amides is 1. The second-order valence-electron chi connectivity index (χ2n) is 6.87. The Bertz CT molecular complexity index is 830. The standard InChI is InChI=1S/C19H23FN4O3/c1-11(2)16-10-27-19(26)24(16)17-6-7-21-18(23-17)22-12(3)13-4-5-14(9-25)15(20)8-13/h4-8,11-12,16,25H,9-10H2,1-3H3,(H,21,22,23)/t12-,16?/m0/s1. The third kappa shape index (κ3) is 4.00. The molecule has 2 N–H and O–H groups in total. The number of anilines is 2. The lowest BCUT2D eigenvalue weighted by molar-refractivity contribution is 0.177. The zero-order valence-corrected chi connectivity index (χ0v) is 15.5. The molecule has 2 heterocycles. The van der Waals surface area contributed by atoms with Crippen LogP contribution in [0.1, 0.15) is 37.9 Å². The van der Waals surface area contributed by atoms with Crippen molar-refractivity contribution in [3.05, 3.63) is 47.4 Å². The van der Waals surface area contributed by atoms with E-state index in [1.54, 1.807) is 24.4 Å². The number of ether oxygens (including phenoxy) is 1. The van der Waals surface area contributed by atoms with E-state index in [1.807, 2.05) is 20.8 Å². The molecule has 1 aliphatic heterocycles. The summed E-state index contributed by atoms with van der Waals surface area (Å²) in [4.78, 5) is 22.3. The molecule has 1 saturated heterocycles. The van der Waals surface area contributed by atoms with Gasteiger partial charge in [0.1, 0.15) is 18.2 Å². The quantitative estimate of drug-likeness (QED) is 0.807. The molecule has 2 atom stereocenters. The van der Waals surface area contributed by atoms with Crippen LogP contribution < -0.4 is 10.2 Å². The third-order valence-corrected chi connectivity index (χ3v) is 4.66. The molecule has 0 bridgehead atoms. The molecule has 1 aliphatic rings. The largest absolute Gasteiger partial charge is 0.447 e. The Morgan fingerprint density at radius 3 is 2.81 bits per heavy atom. The van der Waals surface area contributed by atoms with E-state index in [0.29, 0.717) is 23.9 Å². The van der Waals surface area contributed by atoms with Crippen LogP contribution in [0, 0.1) is 11.7 Å². The van der Waals surface area contributed by atoms with Gasteiger partial charge in [0.2, 0.25) is 5.95 Å². The van der Waals surface area contributed by atoms with Gasteiger partial charge in [-0.25, -0.2) is 14.2 Å². The van der Waals surface area contributed by atoms with Crippen LogP contribution in [0.4, 0.5) is 21.0 Å². The summed E-state index contributed by atoms with van der Waals surface area (Å²) in [6, 6.07) is 5.97. The second-order valence-corrected chi connectivity index (χ2v) is 6.87. The van der Waals surface area contributed by atoms with Crippen LogP contribution in [0.15, 0.2) is 30.5 Å². The van der Waals surface area contributed by atoms with E-state index in [4.69, 9.17) is 9.84 Å². The number of hydrogen-bond donors (Lipinski definition) is 2. The monoisotopic (exact) mass is 374 g/mol. The lowest BCUT2D eigenvalue weighted by Gasteiger charge is -2.23. The van der Waals surface area contributed by atoms with Gasteiger partial charge in [0, 0.05) is 11.8 Å². The summed E-state index contributed by atoms with van der Waals surface area (Å²) in [5, 5.41) is 12.2. The molecule has 0 radical (unpaired) electrons. The average Bonchev–Trinajstić information content (AvgIpc) is 3.03. The highest BCUT2D eigenvalue weighted by Gasteiger charge is 2.37. The maximum atomic E-state index is 13.9. The minimum Gasteiger partial charge on any atom is -0.447 e. The van der Waals surface area contributed by atoms with E-state index in [-0.39, 0.29) is 30.2 Å². The predicted octanol–water partition coefficient (Wildman–Crippen LogP) is 3.26. The number of aliphatic hydroxyl groups excluding tert-OH is 1. The van der Waals surface area contributed by atoms with Gasteiger partial charge >= 0.3 is 6.09 Å². The van der Waals surface area contributed by atoms with Crippen molar-refractivity contribution in [2.75, 3.05) is 16.8 Å². The van der Waals surface area contributed by atoms with Gasteiger partial charge in [-0.05, 0) is 30.5 Å².